The van der Waals surface area contributed by atoms with Crippen LogP contribution in [0.3, 0.4) is 0 Å². The highest BCUT2D eigenvalue weighted by Gasteiger charge is 2.30. The minimum Gasteiger partial charge on any atom is -0.336 e. The summed E-state index contributed by atoms with van der Waals surface area (Å²) in [6, 6.07) is 7.21. The maximum Gasteiger partial charge on any atom is 0.227 e. The van der Waals surface area contributed by atoms with Crippen LogP contribution in [0, 0.1) is 0 Å². The molecule has 1 amide bonds. The van der Waals surface area contributed by atoms with Gasteiger partial charge in [-0.3, -0.25) is 9.59 Å². The number of carbonyl (C=O) groups excluding carboxylic acids is 2. The van der Waals surface area contributed by atoms with Crippen LogP contribution in [-0.4, -0.2) is 45.8 Å². The number of nitrogens with zero attached hydrogens (tertiary/aromatic N) is 3. The molecule has 1 aromatic heterocycles. The van der Waals surface area contributed by atoms with Crippen molar-refractivity contribution >= 4 is 11.7 Å². The lowest BCUT2D eigenvalue weighted by Crippen LogP contribution is -2.49. The molecule has 0 spiro atoms. The Bertz CT molecular complexity index is 736. The minimum atomic E-state index is -0.0530. The number of piperazine rings is 1. The van der Waals surface area contributed by atoms with E-state index in [0.29, 0.717) is 25.1 Å². The van der Waals surface area contributed by atoms with Crippen molar-refractivity contribution in [1.82, 2.24) is 19.8 Å². The van der Waals surface area contributed by atoms with Gasteiger partial charge in [-0.2, -0.15) is 0 Å². The number of aryl methyl sites for hydroxylation is 1. The number of Topliss-reactive ketones (excluding diaryl/α,β-unsaturated/α-hetero) is 1. The molecule has 0 saturated carbocycles. The van der Waals surface area contributed by atoms with Crippen LogP contribution < -0.4 is 5.32 Å². The van der Waals surface area contributed by atoms with E-state index in [1.54, 1.807) is 25.3 Å². The van der Waals surface area contributed by atoms with E-state index < -0.39 is 0 Å². The molecule has 1 aliphatic heterocycles. The summed E-state index contributed by atoms with van der Waals surface area (Å²) in [5.74, 6) is 1.01. The molecule has 3 rings (SSSR count). The summed E-state index contributed by atoms with van der Waals surface area (Å²) in [6.45, 7) is 3.70. The van der Waals surface area contributed by atoms with E-state index in [4.69, 9.17) is 0 Å². The van der Waals surface area contributed by atoms with E-state index >= 15 is 0 Å². The quantitative estimate of drug-likeness (QED) is 0.861. The third kappa shape index (κ3) is 3.38. The van der Waals surface area contributed by atoms with E-state index in [-0.39, 0.29) is 17.7 Å². The smallest absolute Gasteiger partial charge is 0.227 e. The Labute approximate surface area is 141 Å². The molecule has 0 bridgehead atoms. The van der Waals surface area contributed by atoms with Gasteiger partial charge in [0.05, 0.1) is 6.42 Å². The van der Waals surface area contributed by atoms with E-state index in [2.05, 4.69) is 10.3 Å². The fourth-order valence-corrected chi connectivity index (χ4v) is 3.07. The Hall–Kier alpha value is -2.47. The molecule has 1 fully saturated rings. The van der Waals surface area contributed by atoms with Gasteiger partial charge in [-0.15, -0.1) is 0 Å². The second-order valence-electron chi connectivity index (χ2n) is 6.13. The summed E-state index contributed by atoms with van der Waals surface area (Å²) in [6.07, 6.45) is 3.99. The zero-order chi connectivity index (χ0) is 17.1. The zero-order valence-electron chi connectivity index (χ0n) is 14.0. The number of carbonyl (C=O) groups is 2. The van der Waals surface area contributed by atoms with Gasteiger partial charge in [0.25, 0.3) is 0 Å². The van der Waals surface area contributed by atoms with Crippen molar-refractivity contribution in [3.05, 3.63) is 53.6 Å². The molecular formula is C18H22N4O2. The predicted molar refractivity (Wildman–Crippen MR) is 90.7 cm³/mol. The molecule has 1 N–H and O–H groups in total. The van der Waals surface area contributed by atoms with Gasteiger partial charge in [-0.25, -0.2) is 4.98 Å². The van der Waals surface area contributed by atoms with Gasteiger partial charge in [0, 0.05) is 44.6 Å². The van der Waals surface area contributed by atoms with Crippen LogP contribution in [0.15, 0.2) is 36.7 Å². The van der Waals surface area contributed by atoms with Crippen LogP contribution in [0.1, 0.15) is 34.7 Å². The lowest BCUT2D eigenvalue weighted by Gasteiger charge is -2.35. The van der Waals surface area contributed by atoms with Crippen LogP contribution >= 0.6 is 0 Å². The molecule has 1 atom stereocenters. The number of nitrogens with one attached hydrogen (secondary N) is 1. The zero-order valence-corrected chi connectivity index (χ0v) is 14.0. The monoisotopic (exact) mass is 326 g/mol. The van der Waals surface area contributed by atoms with Crippen molar-refractivity contribution in [2.24, 2.45) is 7.05 Å². The van der Waals surface area contributed by atoms with E-state index in [1.807, 2.05) is 34.8 Å². The van der Waals surface area contributed by atoms with Crippen molar-refractivity contribution in [1.29, 1.82) is 0 Å². The molecule has 1 unspecified atom stereocenters. The van der Waals surface area contributed by atoms with Gasteiger partial charge in [0.2, 0.25) is 5.91 Å². The number of hydrogen-bond donors (Lipinski definition) is 1. The summed E-state index contributed by atoms with van der Waals surface area (Å²) in [5.41, 5.74) is 1.58. The van der Waals surface area contributed by atoms with Crippen LogP contribution in [0.2, 0.25) is 0 Å². The highest BCUT2D eigenvalue weighted by molar-refractivity contribution is 5.94. The molecular weight excluding hydrogens is 304 g/mol. The normalized spacial score (nSPS) is 17.8. The summed E-state index contributed by atoms with van der Waals surface area (Å²) < 4.78 is 1.96. The average molecular weight is 326 g/mol. The van der Waals surface area contributed by atoms with Crippen LogP contribution in [-0.2, 0) is 18.3 Å². The molecule has 126 valence electrons. The van der Waals surface area contributed by atoms with Crippen molar-refractivity contribution in [3.8, 4) is 0 Å². The SMILES string of the molecule is CC(=O)c1ccc(CC(=O)N2CCNCC2c2nccn2C)cc1. The number of imidazole rings is 1. The predicted octanol–water partition coefficient (Wildman–Crippen LogP) is 1.34. The summed E-state index contributed by atoms with van der Waals surface area (Å²) in [7, 11) is 1.94. The average Bonchev–Trinajstić information content (AvgIpc) is 3.01. The second kappa shape index (κ2) is 6.97. The first kappa shape index (κ1) is 16.4. The first-order valence-corrected chi connectivity index (χ1v) is 8.13. The van der Waals surface area contributed by atoms with Gasteiger partial charge in [-0.1, -0.05) is 24.3 Å². The van der Waals surface area contributed by atoms with Crippen molar-refractivity contribution in [2.75, 3.05) is 19.6 Å². The number of ketones is 1. The highest BCUT2D eigenvalue weighted by atomic mass is 16.2. The third-order valence-corrected chi connectivity index (χ3v) is 4.44. The molecule has 2 aromatic rings. The molecule has 1 aliphatic rings. The third-order valence-electron chi connectivity index (χ3n) is 4.44. The Morgan fingerprint density at radius 3 is 2.67 bits per heavy atom. The van der Waals surface area contributed by atoms with Gasteiger partial charge in [0.15, 0.2) is 5.78 Å². The molecule has 0 radical (unpaired) electrons. The van der Waals surface area contributed by atoms with Crippen LogP contribution in [0.4, 0.5) is 0 Å². The van der Waals surface area contributed by atoms with E-state index in [1.165, 1.54) is 0 Å². The minimum absolute atomic E-state index is 0.0322. The largest absolute Gasteiger partial charge is 0.336 e. The van der Waals surface area contributed by atoms with Crippen LogP contribution in [0.25, 0.3) is 0 Å². The first-order valence-electron chi connectivity index (χ1n) is 8.13. The summed E-state index contributed by atoms with van der Waals surface area (Å²) in [5, 5.41) is 3.33. The molecule has 6 heteroatoms. The fraction of sp³-hybridized carbons (Fsp3) is 0.389. The summed E-state index contributed by atoms with van der Waals surface area (Å²) in [4.78, 5) is 30.4. The maximum atomic E-state index is 12.8. The van der Waals surface area contributed by atoms with Crippen molar-refractivity contribution in [2.45, 2.75) is 19.4 Å². The Kier molecular flexibility index (Phi) is 4.76. The van der Waals surface area contributed by atoms with Gasteiger partial charge < -0.3 is 14.8 Å². The van der Waals surface area contributed by atoms with Gasteiger partial charge in [0.1, 0.15) is 11.9 Å². The molecule has 1 saturated heterocycles. The van der Waals surface area contributed by atoms with E-state index in [9.17, 15) is 9.59 Å². The van der Waals surface area contributed by atoms with Gasteiger partial charge in [-0.05, 0) is 12.5 Å². The standard InChI is InChI=1S/C18H22N4O2/c1-13(23)15-5-3-14(4-6-15)11-17(24)22-10-7-19-12-16(22)18-20-8-9-21(18)2/h3-6,8-9,16,19H,7,10-12H2,1-2H3. The van der Waals surface area contributed by atoms with Crippen molar-refractivity contribution in [3.63, 3.8) is 0 Å². The Balaban J connectivity index is 1.74. The molecule has 0 aliphatic carbocycles. The lowest BCUT2D eigenvalue weighted by molar-refractivity contribution is -0.134. The van der Waals surface area contributed by atoms with Gasteiger partial charge >= 0.3 is 0 Å². The maximum absolute atomic E-state index is 12.8. The lowest BCUT2D eigenvalue weighted by atomic mass is 10.1. The first-order chi connectivity index (χ1) is 11.6. The number of rotatable bonds is 4. The van der Waals surface area contributed by atoms with E-state index in [0.717, 1.165) is 17.9 Å². The van der Waals surface area contributed by atoms with Crippen molar-refractivity contribution < 1.29 is 9.59 Å². The second-order valence-corrected chi connectivity index (χ2v) is 6.13. The number of amides is 1. The van der Waals surface area contributed by atoms with Crippen LogP contribution in [0.5, 0.6) is 0 Å². The molecule has 6 nitrogen and oxygen atoms in total. The fourth-order valence-electron chi connectivity index (χ4n) is 3.07. The Morgan fingerprint density at radius 2 is 2.04 bits per heavy atom. The molecule has 24 heavy (non-hydrogen) atoms. The highest BCUT2D eigenvalue weighted by Crippen LogP contribution is 2.21. The summed E-state index contributed by atoms with van der Waals surface area (Å²) >= 11 is 0. The topological polar surface area (TPSA) is 67.2 Å². The Morgan fingerprint density at radius 1 is 1.29 bits per heavy atom. The number of hydrogen-bond acceptors (Lipinski definition) is 4. The molecule has 1 aromatic carbocycles. The number of benzene rings is 1. The number of aromatic nitrogens is 2. The molecule has 2 heterocycles.